The van der Waals surface area contributed by atoms with Crippen LogP contribution in [0.5, 0.6) is 0 Å². The van der Waals surface area contributed by atoms with Gasteiger partial charge in [0.2, 0.25) is 0 Å². The molecule has 0 bridgehead atoms. The van der Waals surface area contributed by atoms with Gasteiger partial charge in [-0.2, -0.15) is 0 Å². The molecule has 1 fully saturated rings. The summed E-state index contributed by atoms with van der Waals surface area (Å²) in [5.74, 6) is 0. The van der Waals surface area contributed by atoms with Gasteiger partial charge in [0.15, 0.2) is 0 Å². The number of rotatable bonds is 5. The average molecular weight is 206 g/mol. The van der Waals surface area contributed by atoms with E-state index in [4.69, 9.17) is 18.0 Å². The van der Waals surface area contributed by atoms with Crippen molar-refractivity contribution in [2.45, 2.75) is 25.0 Å². The fourth-order valence-corrected chi connectivity index (χ4v) is 4.63. The first-order valence-corrected chi connectivity index (χ1v) is 6.22. The molecule has 1 unspecified atom stereocenters. The molecule has 0 amide bonds. The van der Waals surface area contributed by atoms with Crippen molar-refractivity contribution in [2.24, 2.45) is 0 Å². The summed E-state index contributed by atoms with van der Waals surface area (Å²) >= 11 is 0. The lowest BCUT2D eigenvalue weighted by atomic mass is 10.1. The predicted octanol–water partition coefficient (Wildman–Crippen LogP) is 0.973. The van der Waals surface area contributed by atoms with Gasteiger partial charge in [0.05, 0.1) is 6.61 Å². The van der Waals surface area contributed by atoms with E-state index in [1.54, 1.807) is 21.3 Å². The van der Waals surface area contributed by atoms with Gasteiger partial charge in [-0.15, -0.1) is 0 Å². The Morgan fingerprint density at radius 1 is 1.23 bits per heavy atom. The van der Waals surface area contributed by atoms with E-state index in [9.17, 15) is 0 Å². The fourth-order valence-electron chi connectivity index (χ4n) is 1.89. The van der Waals surface area contributed by atoms with Crippen LogP contribution in [-0.2, 0) is 18.0 Å². The monoisotopic (exact) mass is 206 g/mol. The zero-order valence-electron chi connectivity index (χ0n) is 8.75. The van der Waals surface area contributed by atoms with Crippen LogP contribution in [0.25, 0.3) is 0 Å². The lowest BCUT2D eigenvalue weighted by Crippen LogP contribution is -2.69. The Morgan fingerprint density at radius 2 is 1.69 bits per heavy atom. The van der Waals surface area contributed by atoms with Gasteiger partial charge in [-0.1, -0.05) is 6.92 Å². The molecule has 1 saturated heterocycles. The van der Waals surface area contributed by atoms with Crippen molar-refractivity contribution < 1.29 is 18.0 Å². The van der Waals surface area contributed by atoms with Crippen LogP contribution >= 0.6 is 0 Å². The summed E-state index contributed by atoms with van der Waals surface area (Å²) in [6, 6.07) is 0. The molecule has 1 atom stereocenters. The van der Waals surface area contributed by atoms with Crippen LogP contribution in [0, 0.1) is 0 Å². The Bertz CT molecular complexity index is 152. The molecule has 1 aliphatic heterocycles. The summed E-state index contributed by atoms with van der Waals surface area (Å²) in [7, 11) is 2.26. The quantitative estimate of drug-likeness (QED) is 0.628. The average Bonchev–Trinajstić information content (AvgIpc) is 2.12. The molecular formula is C8H18O4Si. The highest BCUT2D eigenvalue weighted by atomic mass is 28.4. The van der Waals surface area contributed by atoms with Gasteiger partial charge in [0.1, 0.15) is 5.22 Å². The van der Waals surface area contributed by atoms with E-state index in [0.29, 0.717) is 0 Å². The van der Waals surface area contributed by atoms with Crippen LogP contribution in [0.1, 0.15) is 19.8 Å². The molecule has 78 valence electrons. The minimum absolute atomic E-state index is 0.300. The van der Waals surface area contributed by atoms with E-state index in [2.05, 4.69) is 6.92 Å². The van der Waals surface area contributed by atoms with Gasteiger partial charge in [-0.3, -0.25) is 0 Å². The van der Waals surface area contributed by atoms with E-state index in [1.807, 2.05) is 0 Å². The van der Waals surface area contributed by atoms with E-state index in [-0.39, 0.29) is 5.22 Å². The zero-order chi connectivity index (χ0) is 9.95. The fraction of sp³-hybridized carbons (Fsp3) is 1.00. The second-order valence-electron chi connectivity index (χ2n) is 3.11. The minimum Gasteiger partial charge on any atom is -0.375 e. The standard InChI is InChI=1S/C8H18O4Si/c1-5-8(6-7-12-8)13(9-2,10-3)11-4/h5-7H2,1-4H3. The third kappa shape index (κ3) is 1.44. The Labute approximate surface area is 80.5 Å². The largest absolute Gasteiger partial charge is 0.534 e. The highest BCUT2D eigenvalue weighted by molar-refractivity contribution is 6.64. The highest BCUT2D eigenvalue weighted by Crippen LogP contribution is 2.39. The molecule has 0 saturated carbocycles. The first-order chi connectivity index (χ1) is 6.20. The lowest BCUT2D eigenvalue weighted by molar-refractivity contribution is -0.141. The molecule has 5 heteroatoms. The van der Waals surface area contributed by atoms with Gasteiger partial charge in [0, 0.05) is 27.8 Å². The second-order valence-corrected chi connectivity index (χ2v) is 6.36. The van der Waals surface area contributed by atoms with Crippen molar-refractivity contribution >= 4 is 8.80 Å². The van der Waals surface area contributed by atoms with E-state index in [0.717, 1.165) is 19.4 Å². The molecule has 0 aromatic heterocycles. The number of hydrogen-bond donors (Lipinski definition) is 0. The van der Waals surface area contributed by atoms with Crippen molar-refractivity contribution in [1.82, 2.24) is 0 Å². The zero-order valence-corrected chi connectivity index (χ0v) is 9.75. The molecule has 0 aromatic rings. The maximum atomic E-state index is 5.59. The first kappa shape index (κ1) is 11.1. The third-order valence-electron chi connectivity index (χ3n) is 2.82. The highest BCUT2D eigenvalue weighted by Gasteiger charge is 2.63. The van der Waals surface area contributed by atoms with Gasteiger partial charge in [-0.05, 0) is 6.42 Å². The van der Waals surface area contributed by atoms with E-state index in [1.165, 1.54) is 0 Å². The number of ether oxygens (including phenoxy) is 1. The van der Waals surface area contributed by atoms with Crippen molar-refractivity contribution in [3.05, 3.63) is 0 Å². The van der Waals surface area contributed by atoms with Crippen LogP contribution < -0.4 is 0 Å². The third-order valence-corrected chi connectivity index (χ3v) is 6.30. The Kier molecular flexibility index (Phi) is 3.48. The molecule has 1 heterocycles. The topological polar surface area (TPSA) is 36.9 Å². The van der Waals surface area contributed by atoms with Crippen molar-refractivity contribution in [2.75, 3.05) is 27.9 Å². The smallest absolute Gasteiger partial charge is 0.375 e. The summed E-state index contributed by atoms with van der Waals surface area (Å²) < 4.78 is 21.8. The predicted molar refractivity (Wildman–Crippen MR) is 50.4 cm³/mol. The Balaban J connectivity index is 2.83. The molecule has 1 aliphatic rings. The molecule has 0 N–H and O–H groups in total. The molecule has 0 radical (unpaired) electrons. The molecule has 0 aliphatic carbocycles. The van der Waals surface area contributed by atoms with Gasteiger partial charge >= 0.3 is 8.80 Å². The summed E-state index contributed by atoms with van der Waals surface area (Å²) in [5, 5.41) is -0.300. The van der Waals surface area contributed by atoms with E-state index < -0.39 is 8.80 Å². The van der Waals surface area contributed by atoms with E-state index >= 15 is 0 Å². The lowest BCUT2D eigenvalue weighted by Gasteiger charge is -2.48. The maximum absolute atomic E-state index is 5.59. The van der Waals surface area contributed by atoms with Gasteiger partial charge in [0.25, 0.3) is 0 Å². The first-order valence-electron chi connectivity index (χ1n) is 4.49. The summed E-state index contributed by atoms with van der Waals surface area (Å²) in [6.07, 6.45) is 1.83. The molecule has 13 heavy (non-hydrogen) atoms. The van der Waals surface area contributed by atoms with Crippen molar-refractivity contribution in [3.63, 3.8) is 0 Å². The van der Waals surface area contributed by atoms with Gasteiger partial charge < -0.3 is 18.0 Å². The van der Waals surface area contributed by atoms with Crippen molar-refractivity contribution in [3.8, 4) is 0 Å². The Morgan fingerprint density at radius 3 is 1.77 bits per heavy atom. The minimum atomic E-state index is -2.61. The molecule has 0 spiro atoms. The second kappa shape index (κ2) is 4.06. The summed E-state index contributed by atoms with van der Waals surface area (Å²) in [5.41, 5.74) is 0. The summed E-state index contributed by atoms with van der Waals surface area (Å²) in [4.78, 5) is 0. The SMILES string of the molecule is CCC1([Si](OC)(OC)OC)CCO1. The normalized spacial score (nSPS) is 28.6. The molecule has 1 rings (SSSR count). The van der Waals surface area contributed by atoms with Gasteiger partial charge in [-0.25, -0.2) is 0 Å². The molecule has 0 aromatic carbocycles. The number of hydrogen-bond acceptors (Lipinski definition) is 4. The van der Waals surface area contributed by atoms with Crippen molar-refractivity contribution in [1.29, 1.82) is 0 Å². The molecule has 4 nitrogen and oxygen atoms in total. The molecular weight excluding hydrogens is 188 g/mol. The maximum Gasteiger partial charge on any atom is 0.534 e. The van der Waals surface area contributed by atoms with Crippen LogP contribution in [0.2, 0.25) is 0 Å². The van der Waals surface area contributed by atoms with Crippen LogP contribution in [0.15, 0.2) is 0 Å². The summed E-state index contributed by atoms with van der Waals surface area (Å²) in [6.45, 7) is 2.84. The van der Waals surface area contributed by atoms with Crippen LogP contribution in [-0.4, -0.2) is 42.0 Å². The Hall–Kier alpha value is 0.0569. The van der Waals surface area contributed by atoms with Crippen LogP contribution in [0.4, 0.5) is 0 Å². The van der Waals surface area contributed by atoms with Crippen LogP contribution in [0.3, 0.4) is 0 Å².